The van der Waals surface area contributed by atoms with Crippen LogP contribution in [0.3, 0.4) is 0 Å². The minimum atomic E-state index is -4.00. The number of rotatable bonds is 15. The average molecular weight is 749 g/mol. The van der Waals surface area contributed by atoms with E-state index in [-0.39, 0.29) is 16.6 Å². The average Bonchev–Trinajstić information content (AvgIpc) is 3.51. The highest BCUT2D eigenvalue weighted by atomic mass is 32.2. The van der Waals surface area contributed by atoms with Crippen molar-refractivity contribution >= 4 is 27.2 Å². The molecular formula is C46H58N3O4S+. The molecule has 0 aromatic heterocycles. The molecule has 0 bridgehead atoms. The predicted octanol–water partition coefficient (Wildman–Crippen LogP) is 9.81. The molecule has 0 unspecified atom stereocenters. The molecule has 2 aliphatic heterocycles. The first kappa shape index (κ1) is 39.5. The number of hydrogen-bond acceptors (Lipinski definition) is 5. The Morgan fingerprint density at radius 2 is 1.56 bits per heavy atom. The van der Waals surface area contributed by atoms with Crippen LogP contribution in [0.5, 0.6) is 0 Å². The van der Waals surface area contributed by atoms with Crippen LogP contribution in [-0.2, 0) is 38.8 Å². The molecule has 286 valence electrons. The standard InChI is InChI=1S/C46H57N3O4S/c1-6-7-29-48-40-19-10-8-17-38(40)45(2,3)42(48)27-25-36-15-14-16-37(44(36)53-33-35-23-21-34(32-47)22-24-35)26-28-43-46(4,5)39-18-9-11-20-41(39)49(43)30-12-13-31-54(50,51)52/h8-11,17-28H,6-7,12-16,29-33,47H2,1-5H3/p+1. The highest BCUT2D eigenvalue weighted by Gasteiger charge is 2.44. The summed E-state index contributed by atoms with van der Waals surface area (Å²) in [5, 5.41) is 0. The van der Waals surface area contributed by atoms with E-state index in [2.05, 4.69) is 141 Å². The summed E-state index contributed by atoms with van der Waals surface area (Å²) in [7, 11) is -4.00. The fraction of sp³-hybridized carbons (Fsp3) is 0.413. The van der Waals surface area contributed by atoms with Gasteiger partial charge in [-0.1, -0.05) is 93.9 Å². The van der Waals surface area contributed by atoms with Gasteiger partial charge >= 0.3 is 0 Å². The Balaban J connectivity index is 1.40. The second-order valence-corrected chi connectivity index (χ2v) is 17.5. The molecule has 7 nitrogen and oxygen atoms in total. The van der Waals surface area contributed by atoms with E-state index in [1.54, 1.807) is 0 Å². The van der Waals surface area contributed by atoms with E-state index in [1.807, 2.05) is 0 Å². The molecular weight excluding hydrogens is 691 g/mol. The van der Waals surface area contributed by atoms with Crippen LogP contribution in [0.25, 0.3) is 0 Å². The Hall–Kier alpha value is -4.24. The van der Waals surface area contributed by atoms with E-state index in [0.717, 1.165) is 66.9 Å². The molecule has 2 heterocycles. The van der Waals surface area contributed by atoms with Crippen molar-refractivity contribution in [2.45, 2.75) is 104 Å². The van der Waals surface area contributed by atoms with Crippen LogP contribution in [-0.4, -0.2) is 42.1 Å². The Labute approximate surface area is 323 Å². The molecule has 3 N–H and O–H groups in total. The highest BCUT2D eigenvalue weighted by molar-refractivity contribution is 7.85. The van der Waals surface area contributed by atoms with Crippen LogP contribution in [0.1, 0.15) is 102 Å². The van der Waals surface area contributed by atoms with Gasteiger partial charge in [-0.15, -0.1) is 0 Å². The monoisotopic (exact) mass is 748 g/mol. The molecule has 3 aliphatic rings. The summed E-state index contributed by atoms with van der Waals surface area (Å²) in [5.74, 6) is 0.712. The molecule has 8 heteroatoms. The molecule has 0 atom stereocenters. The first-order chi connectivity index (χ1) is 25.8. The number of anilines is 1. The quantitative estimate of drug-likeness (QED) is 0.0913. The normalized spacial score (nSPS) is 19.4. The number of nitrogens with two attached hydrogens (primary N) is 1. The van der Waals surface area contributed by atoms with Crippen LogP contribution < -0.4 is 10.6 Å². The number of nitrogens with zero attached hydrogens (tertiary/aromatic N) is 2. The fourth-order valence-electron chi connectivity index (χ4n) is 8.33. The van der Waals surface area contributed by atoms with Gasteiger partial charge < -0.3 is 15.4 Å². The second kappa shape index (κ2) is 16.6. The lowest BCUT2D eigenvalue weighted by Gasteiger charge is -2.27. The minimum Gasteiger partial charge on any atom is -0.488 e. The van der Waals surface area contributed by atoms with Crippen molar-refractivity contribution in [2.24, 2.45) is 5.73 Å². The van der Waals surface area contributed by atoms with Crippen molar-refractivity contribution in [1.82, 2.24) is 0 Å². The molecule has 3 aromatic carbocycles. The van der Waals surface area contributed by atoms with Gasteiger partial charge in [0.15, 0.2) is 5.71 Å². The maximum absolute atomic E-state index is 11.5. The van der Waals surface area contributed by atoms with E-state index in [9.17, 15) is 13.0 Å². The predicted molar refractivity (Wildman–Crippen MR) is 222 cm³/mol. The number of hydrogen-bond donors (Lipinski definition) is 2. The van der Waals surface area contributed by atoms with E-state index in [0.29, 0.717) is 32.5 Å². The molecule has 54 heavy (non-hydrogen) atoms. The van der Waals surface area contributed by atoms with Crippen LogP contribution in [0.4, 0.5) is 11.4 Å². The lowest BCUT2D eigenvalue weighted by atomic mass is 9.81. The number of allylic oxidation sites excluding steroid dienone is 7. The van der Waals surface area contributed by atoms with Gasteiger partial charge in [0.25, 0.3) is 10.1 Å². The second-order valence-electron chi connectivity index (χ2n) is 15.9. The molecule has 0 fully saturated rings. The van der Waals surface area contributed by atoms with Crippen LogP contribution >= 0.6 is 0 Å². The minimum absolute atomic E-state index is 0.126. The van der Waals surface area contributed by atoms with E-state index < -0.39 is 10.1 Å². The first-order valence-corrected chi connectivity index (χ1v) is 21.3. The van der Waals surface area contributed by atoms with Crippen molar-refractivity contribution < 1.29 is 22.3 Å². The summed E-state index contributed by atoms with van der Waals surface area (Å²) in [6, 6.07) is 25.6. The van der Waals surface area contributed by atoms with Gasteiger partial charge in [-0.2, -0.15) is 13.0 Å². The molecule has 0 spiro atoms. The third kappa shape index (κ3) is 8.51. The Morgan fingerprint density at radius 1 is 0.852 bits per heavy atom. The third-order valence-corrected chi connectivity index (χ3v) is 12.2. The van der Waals surface area contributed by atoms with Crippen LogP contribution in [0.15, 0.2) is 120 Å². The number of unbranched alkanes of at least 4 members (excludes halogenated alkanes) is 2. The number of ether oxygens (including phenoxy) is 1. The van der Waals surface area contributed by atoms with Crippen molar-refractivity contribution in [1.29, 1.82) is 0 Å². The lowest BCUT2D eigenvalue weighted by molar-refractivity contribution is -0.438. The zero-order chi connectivity index (χ0) is 38.5. The molecule has 0 saturated heterocycles. The van der Waals surface area contributed by atoms with Crippen molar-refractivity contribution in [3.05, 3.63) is 142 Å². The van der Waals surface area contributed by atoms with Crippen molar-refractivity contribution in [2.75, 3.05) is 23.7 Å². The largest absolute Gasteiger partial charge is 0.488 e. The van der Waals surface area contributed by atoms with Gasteiger partial charge in [0, 0.05) is 54.0 Å². The maximum Gasteiger partial charge on any atom is 0.264 e. The SMILES string of the molecule is CCCCN1/C(=C/C=C2\CCCC(/C=C/C3=[N+](CCCCS(=O)(=O)O)c4ccccc4C3(C)C)=C2OCc2ccc(CN)cc2)C(C)(C)c2ccccc21. The van der Waals surface area contributed by atoms with Gasteiger partial charge in [-0.05, 0) is 92.0 Å². The summed E-state index contributed by atoms with van der Waals surface area (Å²) in [6.07, 6.45) is 15.3. The number of benzene rings is 3. The van der Waals surface area contributed by atoms with Crippen LogP contribution in [0, 0.1) is 0 Å². The van der Waals surface area contributed by atoms with E-state index in [4.69, 9.17) is 10.5 Å². The Bertz CT molecular complexity index is 2100. The molecule has 1 aliphatic carbocycles. The lowest BCUT2D eigenvalue weighted by Crippen LogP contribution is -2.28. The number of para-hydroxylation sites is 2. The zero-order valence-electron chi connectivity index (χ0n) is 32.8. The maximum atomic E-state index is 11.5. The Morgan fingerprint density at radius 3 is 2.28 bits per heavy atom. The summed E-state index contributed by atoms with van der Waals surface area (Å²) in [6.45, 7) is 14.0. The molecule has 0 amide bonds. The summed E-state index contributed by atoms with van der Waals surface area (Å²) in [4.78, 5) is 2.52. The van der Waals surface area contributed by atoms with Gasteiger partial charge in [0.1, 0.15) is 18.9 Å². The summed E-state index contributed by atoms with van der Waals surface area (Å²) in [5.41, 5.74) is 17.6. The smallest absolute Gasteiger partial charge is 0.264 e. The topological polar surface area (TPSA) is 95.9 Å². The molecule has 3 aromatic rings. The third-order valence-electron chi connectivity index (χ3n) is 11.4. The summed E-state index contributed by atoms with van der Waals surface area (Å²) >= 11 is 0. The van der Waals surface area contributed by atoms with E-state index >= 15 is 0 Å². The van der Waals surface area contributed by atoms with Gasteiger partial charge in [0.05, 0.1) is 11.2 Å². The van der Waals surface area contributed by atoms with Crippen molar-refractivity contribution in [3.63, 3.8) is 0 Å². The van der Waals surface area contributed by atoms with Gasteiger partial charge in [0.2, 0.25) is 5.69 Å². The molecule has 0 radical (unpaired) electrons. The van der Waals surface area contributed by atoms with E-state index in [1.165, 1.54) is 33.7 Å². The first-order valence-electron chi connectivity index (χ1n) is 19.7. The molecule has 6 rings (SSSR count). The number of fused-ring (bicyclic) bond motifs is 2. The van der Waals surface area contributed by atoms with Gasteiger partial charge in [-0.25, -0.2) is 0 Å². The van der Waals surface area contributed by atoms with Crippen LogP contribution in [0.2, 0.25) is 0 Å². The zero-order valence-corrected chi connectivity index (χ0v) is 33.6. The highest BCUT2D eigenvalue weighted by Crippen LogP contribution is 2.48. The molecule has 0 saturated carbocycles. The van der Waals surface area contributed by atoms with Crippen molar-refractivity contribution in [3.8, 4) is 0 Å². The summed E-state index contributed by atoms with van der Waals surface area (Å²) < 4.78 is 41.4. The fourth-order valence-corrected chi connectivity index (χ4v) is 8.90. The van der Waals surface area contributed by atoms with Gasteiger partial charge in [-0.3, -0.25) is 4.55 Å². The Kier molecular flexibility index (Phi) is 12.2.